The van der Waals surface area contributed by atoms with Crippen molar-refractivity contribution in [3.63, 3.8) is 0 Å². The molecule has 1 heterocycles. The van der Waals surface area contributed by atoms with Crippen LogP contribution in [-0.2, 0) is 13.1 Å². The monoisotopic (exact) mass is 138 g/mol. The molecule has 0 aromatic heterocycles. The van der Waals surface area contributed by atoms with Gasteiger partial charge in [-0.25, -0.2) is 4.39 Å². The van der Waals surface area contributed by atoms with Crippen molar-refractivity contribution in [1.82, 2.24) is 0 Å². The van der Waals surface area contributed by atoms with Gasteiger partial charge in [-0.15, -0.1) is 0 Å². The molecule has 0 bridgehead atoms. The van der Waals surface area contributed by atoms with Crippen LogP contribution in [0, 0.1) is 5.82 Å². The van der Waals surface area contributed by atoms with Crippen LogP contribution in [0.2, 0.25) is 0 Å². The van der Waals surface area contributed by atoms with Gasteiger partial charge in [0.25, 0.3) is 0 Å². The van der Waals surface area contributed by atoms with Crippen molar-refractivity contribution in [1.29, 1.82) is 0 Å². The molecule has 0 atom stereocenters. The molecule has 0 unspecified atom stereocenters. The third kappa shape index (κ3) is 0.727. The second kappa shape index (κ2) is 2.06. The summed E-state index contributed by atoms with van der Waals surface area (Å²) < 4.78 is 12.9. The molecule has 2 rings (SSSR count). The van der Waals surface area contributed by atoms with Crippen molar-refractivity contribution in [2.24, 2.45) is 0 Å². The van der Waals surface area contributed by atoms with Crippen LogP contribution < -0.4 is 5.32 Å². The van der Waals surface area contributed by atoms with Crippen LogP contribution in [0.5, 0.6) is 0 Å². The maximum atomic E-state index is 12.9. The molecule has 1 aliphatic rings. The van der Waals surface area contributed by atoms with Gasteiger partial charge in [-0.1, -0.05) is 12.1 Å². The third-order valence-electron chi connectivity index (χ3n) is 1.93. The summed E-state index contributed by atoms with van der Waals surface area (Å²) in [6.07, 6.45) is 0. The third-order valence-corrected chi connectivity index (χ3v) is 1.93. The van der Waals surface area contributed by atoms with Gasteiger partial charge in [-0.3, -0.25) is 0 Å². The van der Waals surface area contributed by atoms with Crippen LogP contribution in [-0.4, -0.2) is 0 Å². The number of hydrogen-bond acceptors (Lipinski definition) is 0. The number of fused-ring (bicyclic) bond motifs is 1. The number of rotatable bonds is 0. The van der Waals surface area contributed by atoms with Crippen molar-refractivity contribution < 1.29 is 9.71 Å². The first-order valence-electron chi connectivity index (χ1n) is 3.46. The average molecular weight is 138 g/mol. The van der Waals surface area contributed by atoms with Crippen LogP contribution in [0.3, 0.4) is 0 Å². The van der Waals surface area contributed by atoms with E-state index in [9.17, 15) is 4.39 Å². The zero-order chi connectivity index (χ0) is 6.97. The van der Waals surface area contributed by atoms with Crippen molar-refractivity contribution >= 4 is 0 Å². The van der Waals surface area contributed by atoms with E-state index in [2.05, 4.69) is 5.32 Å². The van der Waals surface area contributed by atoms with Gasteiger partial charge in [0.05, 0.1) is 5.56 Å². The average Bonchev–Trinajstić information content (AvgIpc) is 2.36. The molecule has 0 amide bonds. The summed E-state index contributed by atoms with van der Waals surface area (Å²) in [5, 5.41) is 2.10. The van der Waals surface area contributed by atoms with E-state index >= 15 is 0 Å². The minimum atomic E-state index is -0.0498. The Hall–Kier alpha value is -0.890. The minimum absolute atomic E-state index is 0.0498. The van der Waals surface area contributed by atoms with Crippen LogP contribution in [0.1, 0.15) is 11.1 Å². The molecule has 0 spiro atoms. The molecule has 0 saturated heterocycles. The summed E-state index contributed by atoms with van der Waals surface area (Å²) in [6, 6.07) is 5.28. The van der Waals surface area contributed by atoms with Gasteiger partial charge >= 0.3 is 0 Å². The lowest BCUT2D eigenvalue weighted by Gasteiger charge is -1.93. The largest absolute Gasteiger partial charge is 0.339 e. The Bertz CT molecular complexity index is 257. The Kier molecular flexibility index (Phi) is 1.21. The highest BCUT2D eigenvalue weighted by atomic mass is 19.1. The first-order chi connectivity index (χ1) is 4.88. The number of quaternary nitrogens is 1. The Morgan fingerprint density at radius 1 is 1.30 bits per heavy atom. The molecule has 52 valence electrons. The second-order valence-corrected chi connectivity index (χ2v) is 2.57. The molecule has 0 radical (unpaired) electrons. The highest BCUT2D eigenvalue weighted by Gasteiger charge is 2.16. The second-order valence-electron chi connectivity index (χ2n) is 2.57. The molecule has 2 N–H and O–H groups in total. The first-order valence-corrected chi connectivity index (χ1v) is 3.46. The van der Waals surface area contributed by atoms with Gasteiger partial charge in [0.1, 0.15) is 18.9 Å². The van der Waals surface area contributed by atoms with E-state index in [1.165, 1.54) is 6.07 Å². The smallest absolute Gasteiger partial charge is 0.132 e. The molecular weight excluding hydrogens is 129 g/mol. The van der Waals surface area contributed by atoms with Crippen LogP contribution in [0.25, 0.3) is 0 Å². The van der Waals surface area contributed by atoms with Crippen LogP contribution >= 0.6 is 0 Å². The Morgan fingerprint density at radius 2 is 2.20 bits per heavy atom. The van der Waals surface area contributed by atoms with Gasteiger partial charge in [0.2, 0.25) is 0 Å². The standard InChI is InChI=1S/C8H8FN/c9-8-3-1-2-6-4-10-5-7(6)8/h1-3,10H,4-5H2/p+1. The maximum Gasteiger partial charge on any atom is 0.132 e. The molecule has 0 aliphatic carbocycles. The summed E-state index contributed by atoms with van der Waals surface area (Å²) in [5.41, 5.74) is 2.04. The van der Waals surface area contributed by atoms with Crippen molar-refractivity contribution in [3.05, 3.63) is 35.1 Å². The lowest BCUT2D eigenvalue weighted by Crippen LogP contribution is -2.77. The molecule has 1 aliphatic heterocycles. The predicted molar refractivity (Wildman–Crippen MR) is 35.7 cm³/mol. The highest BCUT2D eigenvalue weighted by molar-refractivity contribution is 5.28. The molecule has 1 aromatic rings. The lowest BCUT2D eigenvalue weighted by molar-refractivity contribution is -0.676. The van der Waals surface area contributed by atoms with Gasteiger partial charge in [-0.2, -0.15) is 0 Å². The summed E-state index contributed by atoms with van der Waals surface area (Å²) in [5.74, 6) is -0.0498. The Labute approximate surface area is 58.9 Å². The Balaban J connectivity index is 2.59. The van der Waals surface area contributed by atoms with E-state index in [4.69, 9.17) is 0 Å². The summed E-state index contributed by atoms with van der Waals surface area (Å²) >= 11 is 0. The normalized spacial score (nSPS) is 15.3. The SMILES string of the molecule is Fc1cccc2c1C[NH2+]C2. The summed E-state index contributed by atoms with van der Waals surface area (Å²) in [6.45, 7) is 1.75. The zero-order valence-corrected chi connectivity index (χ0v) is 5.60. The van der Waals surface area contributed by atoms with Crippen LogP contribution in [0.4, 0.5) is 4.39 Å². The van der Waals surface area contributed by atoms with Gasteiger partial charge in [-0.05, 0) is 6.07 Å². The molecule has 1 aromatic carbocycles. The number of benzene rings is 1. The van der Waals surface area contributed by atoms with Gasteiger partial charge in [0, 0.05) is 5.56 Å². The summed E-state index contributed by atoms with van der Waals surface area (Å²) in [4.78, 5) is 0. The van der Waals surface area contributed by atoms with Gasteiger partial charge < -0.3 is 5.32 Å². The van der Waals surface area contributed by atoms with Crippen LogP contribution in [0.15, 0.2) is 18.2 Å². The van der Waals surface area contributed by atoms with Crippen molar-refractivity contribution in [2.75, 3.05) is 0 Å². The van der Waals surface area contributed by atoms with E-state index in [-0.39, 0.29) is 5.82 Å². The molecule has 1 nitrogen and oxygen atoms in total. The fourth-order valence-electron chi connectivity index (χ4n) is 1.40. The van der Waals surface area contributed by atoms with E-state index in [0.717, 1.165) is 24.2 Å². The molecule has 0 saturated carbocycles. The lowest BCUT2D eigenvalue weighted by atomic mass is 10.1. The number of hydrogen-bond donors (Lipinski definition) is 1. The minimum Gasteiger partial charge on any atom is -0.339 e. The Morgan fingerprint density at radius 3 is 3.00 bits per heavy atom. The quantitative estimate of drug-likeness (QED) is 0.534. The topological polar surface area (TPSA) is 16.6 Å². The van der Waals surface area contributed by atoms with E-state index in [1.807, 2.05) is 6.07 Å². The van der Waals surface area contributed by atoms with Crippen molar-refractivity contribution in [2.45, 2.75) is 13.1 Å². The van der Waals surface area contributed by atoms with E-state index in [1.54, 1.807) is 6.07 Å². The fraction of sp³-hybridized carbons (Fsp3) is 0.250. The number of halogens is 1. The maximum absolute atomic E-state index is 12.9. The number of nitrogens with two attached hydrogens (primary N) is 1. The fourth-order valence-corrected chi connectivity index (χ4v) is 1.40. The molecule has 10 heavy (non-hydrogen) atoms. The van der Waals surface area contributed by atoms with E-state index in [0.29, 0.717) is 0 Å². The molecular formula is C8H9FN+. The van der Waals surface area contributed by atoms with Gasteiger partial charge in [0.15, 0.2) is 0 Å². The molecule has 0 fully saturated rings. The summed E-state index contributed by atoms with van der Waals surface area (Å²) in [7, 11) is 0. The zero-order valence-electron chi connectivity index (χ0n) is 5.60. The van der Waals surface area contributed by atoms with Crippen molar-refractivity contribution in [3.8, 4) is 0 Å². The predicted octanol–water partition coefficient (Wildman–Crippen LogP) is 0.403. The molecule has 2 heteroatoms. The highest BCUT2D eigenvalue weighted by Crippen LogP contribution is 2.13. The first kappa shape index (κ1) is 5.86. The van der Waals surface area contributed by atoms with E-state index < -0.39 is 0 Å².